The van der Waals surface area contributed by atoms with Crippen LogP contribution in [-0.2, 0) is 0 Å². The molecule has 4 heteroatoms. The Morgan fingerprint density at radius 1 is 1.37 bits per heavy atom. The highest BCUT2D eigenvalue weighted by atomic mass is 79.9. The van der Waals surface area contributed by atoms with Gasteiger partial charge in [-0.05, 0) is 65.7 Å². The van der Waals surface area contributed by atoms with Gasteiger partial charge in [0.15, 0.2) is 0 Å². The van der Waals surface area contributed by atoms with E-state index in [0.29, 0.717) is 10.4 Å². The number of rotatable bonds is 6. The van der Waals surface area contributed by atoms with E-state index < -0.39 is 11.6 Å². The summed E-state index contributed by atoms with van der Waals surface area (Å²) in [5.74, 6) is -0.0834. The van der Waals surface area contributed by atoms with Gasteiger partial charge >= 0.3 is 0 Å². The van der Waals surface area contributed by atoms with E-state index >= 15 is 0 Å². The molecule has 0 aliphatic heterocycles. The summed E-state index contributed by atoms with van der Waals surface area (Å²) in [6.07, 6.45) is 3.29. The Morgan fingerprint density at radius 2 is 2.05 bits per heavy atom. The van der Waals surface area contributed by atoms with E-state index in [1.165, 1.54) is 25.0 Å². The van der Waals surface area contributed by atoms with Gasteiger partial charge in [0, 0.05) is 11.6 Å². The van der Waals surface area contributed by atoms with Crippen LogP contribution in [0.3, 0.4) is 0 Å². The molecule has 2 unspecified atom stereocenters. The molecule has 1 aliphatic rings. The summed E-state index contributed by atoms with van der Waals surface area (Å²) in [4.78, 5) is 0. The van der Waals surface area contributed by atoms with Crippen LogP contribution in [0.4, 0.5) is 8.78 Å². The summed E-state index contributed by atoms with van der Waals surface area (Å²) < 4.78 is 28.6. The molecule has 1 aromatic carbocycles. The Morgan fingerprint density at radius 3 is 2.63 bits per heavy atom. The van der Waals surface area contributed by atoms with Crippen LogP contribution in [0.15, 0.2) is 16.6 Å². The largest absolute Gasteiger partial charge is 0.310 e. The third-order valence-corrected chi connectivity index (χ3v) is 4.51. The molecule has 1 N–H and O–H groups in total. The fourth-order valence-electron chi connectivity index (χ4n) is 2.57. The lowest BCUT2D eigenvalue weighted by atomic mass is 9.90. The zero-order chi connectivity index (χ0) is 14.0. The van der Waals surface area contributed by atoms with Gasteiger partial charge in [0.25, 0.3) is 0 Å². The lowest BCUT2D eigenvalue weighted by molar-refractivity contribution is 0.329. The van der Waals surface area contributed by atoms with Gasteiger partial charge in [-0.25, -0.2) is 8.78 Å². The zero-order valence-corrected chi connectivity index (χ0v) is 12.9. The molecule has 1 aromatic rings. The number of hydrogen-bond acceptors (Lipinski definition) is 1. The molecular formula is C15H20BrF2N. The summed E-state index contributed by atoms with van der Waals surface area (Å²) in [6.45, 7) is 4.91. The maximum atomic E-state index is 14.3. The van der Waals surface area contributed by atoms with Crippen molar-refractivity contribution in [2.24, 2.45) is 11.8 Å². The van der Waals surface area contributed by atoms with Crippen molar-refractivity contribution in [1.82, 2.24) is 5.32 Å². The van der Waals surface area contributed by atoms with Crippen LogP contribution in [-0.4, -0.2) is 6.54 Å². The Balaban J connectivity index is 2.33. The van der Waals surface area contributed by atoms with E-state index in [2.05, 4.69) is 35.1 Å². The van der Waals surface area contributed by atoms with Crippen molar-refractivity contribution in [3.8, 4) is 0 Å². The van der Waals surface area contributed by atoms with E-state index in [9.17, 15) is 8.78 Å². The summed E-state index contributed by atoms with van der Waals surface area (Å²) >= 11 is 3.15. The monoisotopic (exact) mass is 331 g/mol. The fourth-order valence-corrected chi connectivity index (χ4v) is 2.92. The van der Waals surface area contributed by atoms with E-state index in [4.69, 9.17) is 0 Å². The Hall–Kier alpha value is -0.480. The first-order valence-corrected chi connectivity index (χ1v) is 7.72. The van der Waals surface area contributed by atoms with Crippen LogP contribution in [0, 0.1) is 23.5 Å². The van der Waals surface area contributed by atoms with Crippen LogP contribution >= 0.6 is 15.9 Å². The van der Waals surface area contributed by atoms with Crippen LogP contribution in [0.5, 0.6) is 0 Å². The second kappa shape index (κ2) is 6.31. The molecule has 0 spiro atoms. The average Bonchev–Trinajstić information content (AvgIpc) is 3.21. The van der Waals surface area contributed by atoms with Crippen molar-refractivity contribution in [3.05, 3.63) is 33.8 Å². The fraction of sp³-hybridized carbons (Fsp3) is 0.600. The quantitative estimate of drug-likeness (QED) is 0.737. The topological polar surface area (TPSA) is 12.0 Å². The Kier molecular flexibility index (Phi) is 4.96. The first kappa shape index (κ1) is 14.9. The molecule has 0 amide bonds. The van der Waals surface area contributed by atoms with Crippen molar-refractivity contribution in [3.63, 3.8) is 0 Å². The zero-order valence-electron chi connectivity index (χ0n) is 11.3. The smallest absolute Gasteiger partial charge is 0.145 e. The highest BCUT2D eigenvalue weighted by Gasteiger charge is 2.36. The van der Waals surface area contributed by atoms with E-state index in [1.54, 1.807) is 0 Å². The van der Waals surface area contributed by atoms with Gasteiger partial charge in [0.05, 0.1) is 4.47 Å². The maximum Gasteiger partial charge on any atom is 0.145 e. The van der Waals surface area contributed by atoms with Gasteiger partial charge in [0.1, 0.15) is 11.6 Å². The standard InChI is InChI=1S/C15H20BrF2N/c1-3-8-19-15(9(2)10-4-5-10)13-12(17)7-6-11(16)14(13)18/h6-7,9-10,15,19H,3-5,8H2,1-2H3. The van der Waals surface area contributed by atoms with Gasteiger partial charge in [-0.3, -0.25) is 0 Å². The van der Waals surface area contributed by atoms with Crippen molar-refractivity contribution in [1.29, 1.82) is 0 Å². The lowest BCUT2D eigenvalue weighted by Gasteiger charge is -2.26. The molecule has 2 atom stereocenters. The van der Waals surface area contributed by atoms with Crippen LogP contribution in [0.1, 0.15) is 44.7 Å². The minimum absolute atomic E-state index is 0.183. The highest BCUT2D eigenvalue weighted by Crippen LogP contribution is 2.44. The van der Waals surface area contributed by atoms with Crippen LogP contribution < -0.4 is 5.32 Å². The van der Waals surface area contributed by atoms with Crippen LogP contribution in [0.25, 0.3) is 0 Å². The average molecular weight is 332 g/mol. The maximum absolute atomic E-state index is 14.3. The molecule has 0 radical (unpaired) electrons. The Bertz CT molecular complexity index is 446. The molecule has 0 bridgehead atoms. The minimum Gasteiger partial charge on any atom is -0.310 e. The summed E-state index contributed by atoms with van der Waals surface area (Å²) in [5, 5.41) is 3.31. The molecule has 106 valence electrons. The number of benzene rings is 1. The normalized spacial score (nSPS) is 18.4. The van der Waals surface area contributed by atoms with Crippen molar-refractivity contribution >= 4 is 15.9 Å². The minimum atomic E-state index is -0.471. The van der Waals surface area contributed by atoms with Gasteiger partial charge in [0.2, 0.25) is 0 Å². The second-order valence-corrected chi connectivity index (χ2v) is 6.24. The van der Waals surface area contributed by atoms with E-state index in [-0.39, 0.29) is 17.5 Å². The molecule has 0 aromatic heterocycles. The number of hydrogen-bond donors (Lipinski definition) is 1. The molecule has 1 nitrogen and oxygen atoms in total. The first-order chi connectivity index (χ1) is 9.06. The predicted octanol–water partition coefficient (Wildman–Crippen LogP) is 4.81. The third kappa shape index (κ3) is 3.34. The van der Waals surface area contributed by atoms with E-state index in [0.717, 1.165) is 13.0 Å². The molecule has 19 heavy (non-hydrogen) atoms. The first-order valence-electron chi connectivity index (χ1n) is 6.93. The summed E-state index contributed by atoms with van der Waals surface area (Å²) in [5.41, 5.74) is 0.183. The van der Waals surface area contributed by atoms with Gasteiger partial charge < -0.3 is 5.32 Å². The Labute approximate surface area is 121 Å². The van der Waals surface area contributed by atoms with Gasteiger partial charge in [-0.1, -0.05) is 13.8 Å². The van der Waals surface area contributed by atoms with Gasteiger partial charge in [-0.2, -0.15) is 0 Å². The van der Waals surface area contributed by atoms with Crippen molar-refractivity contribution < 1.29 is 8.78 Å². The lowest BCUT2D eigenvalue weighted by Crippen LogP contribution is -2.30. The van der Waals surface area contributed by atoms with Gasteiger partial charge in [-0.15, -0.1) is 0 Å². The molecule has 1 aliphatic carbocycles. The summed E-state index contributed by atoms with van der Waals surface area (Å²) in [6, 6.07) is 2.51. The molecule has 1 saturated carbocycles. The molecule has 0 saturated heterocycles. The highest BCUT2D eigenvalue weighted by molar-refractivity contribution is 9.10. The number of nitrogens with one attached hydrogen (secondary N) is 1. The van der Waals surface area contributed by atoms with Crippen molar-refractivity contribution in [2.75, 3.05) is 6.54 Å². The predicted molar refractivity (Wildman–Crippen MR) is 77.0 cm³/mol. The molecular weight excluding hydrogens is 312 g/mol. The molecule has 1 fully saturated rings. The summed E-state index contributed by atoms with van der Waals surface area (Å²) in [7, 11) is 0. The second-order valence-electron chi connectivity index (χ2n) is 5.39. The van der Waals surface area contributed by atoms with Crippen molar-refractivity contribution in [2.45, 2.75) is 39.2 Å². The SMILES string of the molecule is CCCNC(c1c(F)ccc(Br)c1F)C(C)C1CC1. The molecule has 2 rings (SSSR count). The molecule has 0 heterocycles. The number of halogens is 3. The van der Waals surface area contributed by atoms with Crippen LogP contribution in [0.2, 0.25) is 0 Å². The van der Waals surface area contributed by atoms with E-state index in [1.807, 2.05) is 0 Å². The third-order valence-electron chi connectivity index (χ3n) is 3.90.